The Balaban J connectivity index is 1.90. The van der Waals surface area contributed by atoms with Crippen molar-refractivity contribution >= 4 is 34.9 Å². The first kappa shape index (κ1) is 21.6. The molecule has 1 N–H and O–H groups in total. The van der Waals surface area contributed by atoms with Gasteiger partial charge in [-0.2, -0.15) is 0 Å². The van der Waals surface area contributed by atoms with E-state index in [1.165, 1.54) is 28.5 Å². The van der Waals surface area contributed by atoms with E-state index in [-0.39, 0.29) is 24.6 Å². The van der Waals surface area contributed by atoms with Crippen LogP contribution in [0.15, 0.2) is 66.6 Å². The summed E-state index contributed by atoms with van der Waals surface area (Å²) in [6.07, 6.45) is 1.54. The van der Waals surface area contributed by atoms with E-state index in [0.29, 0.717) is 10.6 Å². The Bertz CT molecular complexity index is 1010. The number of hydrogen-bond acceptors (Lipinski definition) is 5. The van der Waals surface area contributed by atoms with E-state index in [2.05, 4.69) is 21.5 Å². The molecular weight excluding hydrogens is 427 g/mol. The summed E-state index contributed by atoms with van der Waals surface area (Å²) in [6.45, 7) is 4.00. The molecule has 3 rings (SSSR count). The highest BCUT2D eigenvalue weighted by Crippen LogP contribution is 2.25. The fourth-order valence-corrected chi connectivity index (χ4v) is 3.41. The Labute approximate surface area is 182 Å². The molecule has 154 valence electrons. The smallest absolute Gasteiger partial charge is 0.276 e. The van der Waals surface area contributed by atoms with Gasteiger partial charge in [0.1, 0.15) is 11.9 Å². The van der Waals surface area contributed by atoms with Gasteiger partial charge in [0.2, 0.25) is 5.91 Å². The van der Waals surface area contributed by atoms with Crippen LogP contribution in [0.25, 0.3) is 0 Å². The molecule has 1 atom stereocenters. The predicted octanol–water partition coefficient (Wildman–Crippen LogP) is 4.02. The number of rotatable bonds is 8. The number of hydrogen-bond donors (Lipinski definition) is 1. The van der Waals surface area contributed by atoms with Crippen LogP contribution in [-0.2, 0) is 11.3 Å². The van der Waals surface area contributed by atoms with E-state index in [9.17, 15) is 14.0 Å². The Kier molecular flexibility index (Phi) is 7.26. The second kappa shape index (κ2) is 10.1. The third kappa shape index (κ3) is 5.28. The second-order valence-corrected chi connectivity index (χ2v) is 7.38. The van der Waals surface area contributed by atoms with Gasteiger partial charge in [0.15, 0.2) is 5.69 Å². The lowest BCUT2D eigenvalue weighted by Crippen LogP contribution is -2.43. The number of aromatic nitrogens is 2. The van der Waals surface area contributed by atoms with Crippen molar-refractivity contribution < 1.29 is 14.0 Å². The third-order valence-electron chi connectivity index (χ3n) is 4.29. The van der Waals surface area contributed by atoms with Gasteiger partial charge >= 0.3 is 0 Å². The molecule has 30 heavy (non-hydrogen) atoms. The zero-order valence-corrected chi connectivity index (χ0v) is 17.4. The number of benzene rings is 2. The molecule has 0 bridgehead atoms. The molecule has 0 aliphatic heterocycles. The van der Waals surface area contributed by atoms with E-state index >= 15 is 0 Å². The van der Waals surface area contributed by atoms with Crippen molar-refractivity contribution in [3.8, 4) is 0 Å². The summed E-state index contributed by atoms with van der Waals surface area (Å²) in [5.74, 6) is -1.20. The van der Waals surface area contributed by atoms with E-state index < -0.39 is 17.9 Å². The molecule has 1 heterocycles. The zero-order valence-electron chi connectivity index (χ0n) is 15.8. The number of carbonyl (C=O) groups excluding carboxylic acids is 2. The molecule has 0 radical (unpaired) electrons. The van der Waals surface area contributed by atoms with Crippen LogP contribution in [0.2, 0.25) is 5.02 Å². The van der Waals surface area contributed by atoms with Crippen molar-refractivity contribution in [3.05, 3.63) is 94.2 Å². The molecule has 0 saturated carbocycles. The van der Waals surface area contributed by atoms with Crippen molar-refractivity contribution in [1.29, 1.82) is 0 Å². The Morgan fingerprint density at radius 2 is 1.90 bits per heavy atom. The minimum atomic E-state index is -0.949. The van der Waals surface area contributed by atoms with Gasteiger partial charge in [-0.25, -0.2) is 4.39 Å². The van der Waals surface area contributed by atoms with E-state index in [4.69, 9.17) is 11.6 Å². The molecular formula is C21H18ClFN4O2S. The summed E-state index contributed by atoms with van der Waals surface area (Å²) in [7, 11) is 0. The van der Waals surface area contributed by atoms with Gasteiger partial charge in [0.05, 0.1) is 0 Å². The lowest BCUT2D eigenvalue weighted by molar-refractivity contribution is -0.126. The highest BCUT2D eigenvalue weighted by Gasteiger charge is 2.32. The molecule has 0 saturated heterocycles. The summed E-state index contributed by atoms with van der Waals surface area (Å²) < 4.78 is 16.8. The van der Waals surface area contributed by atoms with Crippen molar-refractivity contribution in [1.82, 2.24) is 19.8 Å². The fourth-order valence-electron chi connectivity index (χ4n) is 2.86. The Morgan fingerprint density at radius 1 is 1.20 bits per heavy atom. The van der Waals surface area contributed by atoms with Crippen molar-refractivity contribution in [2.24, 2.45) is 0 Å². The topological polar surface area (TPSA) is 75.2 Å². The van der Waals surface area contributed by atoms with Gasteiger partial charge in [-0.05, 0) is 46.9 Å². The highest BCUT2D eigenvalue weighted by atomic mass is 35.5. The maximum atomic E-state index is 13.2. The number of nitrogens with one attached hydrogen (secondary N) is 1. The quantitative estimate of drug-likeness (QED) is 0.532. The van der Waals surface area contributed by atoms with Gasteiger partial charge < -0.3 is 10.2 Å². The SMILES string of the molecule is C=CCN(C(=O)c1csnn1)C(C(=O)NCc1ccc(F)cc1)c1ccc(Cl)cc1. The summed E-state index contributed by atoms with van der Waals surface area (Å²) >= 11 is 7.04. The molecule has 0 aliphatic carbocycles. The van der Waals surface area contributed by atoms with Crippen LogP contribution in [0, 0.1) is 5.82 Å². The van der Waals surface area contributed by atoms with Crippen LogP contribution < -0.4 is 5.32 Å². The third-order valence-corrected chi connectivity index (χ3v) is 5.05. The maximum Gasteiger partial charge on any atom is 0.276 e. The molecule has 9 heteroatoms. The summed E-state index contributed by atoms with van der Waals surface area (Å²) in [6, 6.07) is 11.5. The second-order valence-electron chi connectivity index (χ2n) is 6.33. The van der Waals surface area contributed by atoms with Crippen molar-refractivity contribution in [2.75, 3.05) is 6.54 Å². The van der Waals surface area contributed by atoms with Crippen LogP contribution in [-0.4, -0.2) is 32.8 Å². The summed E-state index contributed by atoms with van der Waals surface area (Å²) in [5, 5.41) is 8.67. The number of carbonyl (C=O) groups is 2. The molecule has 0 fully saturated rings. The Morgan fingerprint density at radius 3 is 2.50 bits per heavy atom. The van der Waals surface area contributed by atoms with Crippen molar-refractivity contribution in [2.45, 2.75) is 12.6 Å². The van der Waals surface area contributed by atoms with E-state index in [1.54, 1.807) is 36.4 Å². The summed E-state index contributed by atoms with van der Waals surface area (Å²) in [4.78, 5) is 27.6. The zero-order chi connectivity index (χ0) is 21.5. The largest absolute Gasteiger partial charge is 0.350 e. The minimum Gasteiger partial charge on any atom is -0.350 e. The number of nitrogens with zero attached hydrogens (tertiary/aromatic N) is 3. The fraction of sp³-hybridized carbons (Fsp3) is 0.143. The molecule has 2 aromatic carbocycles. The van der Waals surface area contributed by atoms with Gasteiger partial charge in [0.25, 0.3) is 5.91 Å². The molecule has 0 spiro atoms. The monoisotopic (exact) mass is 444 g/mol. The average Bonchev–Trinajstić information content (AvgIpc) is 3.29. The van der Waals surface area contributed by atoms with E-state index in [0.717, 1.165) is 17.1 Å². The van der Waals surface area contributed by atoms with Crippen LogP contribution in [0.1, 0.15) is 27.7 Å². The molecule has 3 aromatic rings. The molecule has 1 aromatic heterocycles. The molecule has 1 unspecified atom stereocenters. The van der Waals surface area contributed by atoms with Gasteiger partial charge in [-0.15, -0.1) is 11.7 Å². The van der Waals surface area contributed by atoms with Crippen LogP contribution in [0.5, 0.6) is 0 Å². The lowest BCUT2D eigenvalue weighted by Gasteiger charge is -2.30. The van der Waals surface area contributed by atoms with Crippen LogP contribution in [0.3, 0.4) is 0 Å². The predicted molar refractivity (Wildman–Crippen MR) is 114 cm³/mol. The van der Waals surface area contributed by atoms with Gasteiger partial charge in [0, 0.05) is 23.5 Å². The molecule has 6 nitrogen and oxygen atoms in total. The van der Waals surface area contributed by atoms with Gasteiger partial charge in [-0.1, -0.05) is 46.4 Å². The standard InChI is InChI=1S/C21H18ClFN4O2S/c1-2-11-27(21(29)18-13-30-26-25-18)19(15-5-7-16(22)8-6-15)20(28)24-12-14-3-9-17(23)10-4-14/h2-10,13,19H,1,11-12H2,(H,24,28). The Hall–Kier alpha value is -3.10. The number of halogens is 2. The molecule has 2 amide bonds. The number of amides is 2. The first-order valence-electron chi connectivity index (χ1n) is 8.96. The molecule has 0 aliphatic rings. The highest BCUT2D eigenvalue weighted by molar-refractivity contribution is 7.03. The lowest BCUT2D eigenvalue weighted by atomic mass is 10.0. The van der Waals surface area contributed by atoms with Crippen LogP contribution >= 0.6 is 23.1 Å². The first-order chi connectivity index (χ1) is 14.5. The van der Waals surface area contributed by atoms with Crippen molar-refractivity contribution in [3.63, 3.8) is 0 Å². The van der Waals surface area contributed by atoms with Crippen LogP contribution in [0.4, 0.5) is 4.39 Å². The normalized spacial score (nSPS) is 11.5. The maximum absolute atomic E-state index is 13.2. The van der Waals surface area contributed by atoms with E-state index in [1.807, 2.05) is 0 Å². The van der Waals surface area contributed by atoms with Gasteiger partial charge in [-0.3, -0.25) is 9.59 Å². The minimum absolute atomic E-state index is 0.119. The summed E-state index contributed by atoms with van der Waals surface area (Å²) in [5.41, 5.74) is 1.45. The first-order valence-corrected chi connectivity index (χ1v) is 10.2. The average molecular weight is 445 g/mol.